The molecule has 0 bridgehead atoms. The van der Waals surface area contributed by atoms with E-state index in [9.17, 15) is 4.79 Å². The van der Waals surface area contributed by atoms with Crippen LogP contribution in [0.4, 0.5) is 5.69 Å². The molecular weight excluding hydrogens is 506 g/mol. The Labute approximate surface area is 234 Å². The van der Waals surface area contributed by atoms with E-state index >= 15 is 0 Å². The zero-order valence-corrected chi connectivity index (χ0v) is 23.8. The monoisotopic (exact) mass is 537 g/mol. The largest absolute Gasteiger partial charge is 0.497 e. The predicted octanol–water partition coefficient (Wildman–Crippen LogP) is 7.12. The van der Waals surface area contributed by atoms with Gasteiger partial charge in [-0.25, -0.2) is 0 Å². The lowest BCUT2D eigenvalue weighted by molar-refractivity contribution is -0.114. The number of aryl methyl sites for hydroxylation is 3. The molecule has 4 aromatic rings. The van der Waals surface area contributed by atoms with Gasteiger partial charge in [0.2, 0.25) is 0 Å². The minimum Gasteiger partial charge on any atom is -0.497 e. The predicted molar refractivity (Wildman–Crippen MR) is 160 cm³/mol. The number of carbonyl (C=O) groups is 1. The number of aromatic nitrogens is 1. The van der Waals surface area contributed by atoms with Crippen LogP contribution in [-0.2, 0) is 4.79 Å². The van der Waals surface area contributed by atoms with Gasteiger partial charge >= 0.3 is 0 Å². The maximum atomic E-state index is 13.5. The molecule has 39 heavy (non-hydrogen) atoms. The summed E-state index contributed by atoms with van der Waals surface area (Å²) in [6.45, 7) is 8.20. The van der Waals surface area contributed by atoms with Crippen LogP contribution in [0.2, 0.25) is 0 Å². The Hall–Kier alpha value is -4.36. The molecule has 1 aromatic heterocycles. The summed E-state index contributed by atoms with van der Waals surface area (Å²) >= 11 is 5.67. The topological polar surface area (TPSA) is 46.9 Å². The summed E-state index contributed by atoms with van der Waals surface area (Å²) < 4.78 is 13.4. The Morgan fingerprint density at radius 2 is 1.36 bits per heavy atom. The number of carbonyl (C=O) groups excluding carboxylic acids is 1. The summed E-state index contributed by atoms with van der Waals surface area (Å²) in [5, 5.41) is 0.468. The molecular formula is C32H31N3O3S. The molecule has 0 spiro atoms. The first kappa shape index (κ1) is 26.3. The second kappa shape index (κ2) is 10.4. The van der Waals surface area contributed by atoms with E-state index in [-0.39, 0.29) is 5.91 Å². The van der Waals surface area contributed by atoms with E-state index in [4.69, 9.17) is 21.7 Å². The Morgan fingerprint density at radius 1 is 0.769 bits per heavy atom. The Bertz CT molecular complexity index is 1600. The third kappa shape index (κ3) is 4.93. The highest BCUT2D eigenvalue weighted by molar-refractivity contribution is 7.80. The van der Waals surface area contributed by atoms with Crippen LogP contribution in [0, 0.1) is 27.7 Å². The number of rotatable bonds is 6. The van der Waals surface area contributed by atoms with Crippen molar-refractivity contribution in [3.8, 4) is 22.9 Å². The second-order valence-corrected chi connectivity index (χ2v) is 10.1. The summed E-state index contributed by atoms with van der Waals surface area (Å²) in [5.41, 5.74) is 7.68. The van der Waals surface area contributed by atoms with Crippen LogP contribution in [0.3, 0.4) is 0 Å². The van der Waals surface area contributed by atoms with Crippen molar-refractivity contribution in [1.29, 1.82) is 0 Å². The molecule has 3 aromatic carbocycles. The maximum absolute atomic E-state index is 13.5. The molecule has 0 saturated carbocycles. The fourth-order valence-corrected chi connectivity index (χ4v) is 5.06. The van der Waals surface area contributed by atoms with Crippen LogP contribution in [0.15, 0.2) is 78.5 Å². The van der Waals surface area contributed by atoms with Crippen molar-refractivity contribution in [2.45, 2.75) is 27.7 Å². The first-order valence-electron chi connectivity index (χ1n) is 12.7. The summed E-state index contributed by atoms with van der Waals surface area (Å²) in [6, 6.07) is 23.5. The SMILES string of the molecule is COc1ccc(Oc2ccc(-n3c(C)cc(/C=C4/C(=O)N(c5ccc(C)c(C)c5)C(=S)N4C)c3C)cc2)cc1. The molecule has 0 unspecified atom stereocenters. The van der Waals surface area contributed by atoms with Gasteiger partial charge < -0.3 is 18.9 Å². The van der Waals surface area contributed by atoms with Crippen LogP contribution < -0.4 is 14.4 Å². The number of methoxy groups -OCH3 is 1. The van der Waals surface area contributed by atoms with E-state index in [1.807, 2.05) is 86.8 Å². The van der Waals surface area contributed by atoms with Gasteiger partial charge in [0.25, 0.3) is 5.91 Å². The van der Waals surface area contributed by atoms with Crippen molar-refractivity contribution < 1.29 is 14.3 Å². The average Bonchev–Trinajstić information content (AvgIpc) is 3.32. The minimum atomic E-state index is -0.129. The quantitative estimate of drug-likeness (QED) is 0.194. The van der Waals surface area contributed by atoms with E-state index in [1.165, 1.54) is 5.56 Å². The zero-order valence-electron chi connectivity index (χ0n) is 23.0. The van der Waals surface area contributed by atoms with Gasteiger partial charge in [0, 0.05) is 24.1 Å². The van der Waals surface area contributed by atoms with Crippen molar-refractivity contribution in [2.24, 2.45) is 0 Å². The number of thiocarbonyl (C=S) groups is 1. The van der Waals surface area contributed by atoms with Gasteiger partial charge in [-0.1, -0.05) is 6.07 Å². The van der Waals surface area contributed by atoms with Gasteiger partial charge in [-0.15, -0.1) is 0 Å². The Balaban J connectivity index is 1.41. The minimum absolute atomic E-state index is 0.129. The van der Waals surface area contributed by atoms with Crippen molar-refractivity contribution in [2.75, 3.05) is 19.1 Å². The summed E-state index contributed by atoms with van der Waals surface area (Å²) in [7, 11) is 3.48. The highest BCUT2D eigenvalue weighted by atomic mass is 32.1. The molecule has 0 N–H and O–H groups in total. The summed E-state index contributed by atoms with van der Waals surface area (Å²) in [4.78, 5) is 16.9. The van der Waals surface area contributed by atoms with Crippen LogP contribution >= 0.6 is 12.2 Å². The lowest BCUT2D eigenvalue weighted by atomic mass is 10.1. The summed E-state index contributed by atoms with van der Waals surface area (Å²) in [5.74, 6) is 2.14. The van der Waals surface area contributed by atoms with Gasteiger partial charge in [-0.05, 0) is 129 Å². The van der Waals surface area contributed by atoms with Crippen molar-refractivity contribution in [1.82, 2.24) is 9.47 Å². The van der Waals surface area contributed by atoms with Crippen LogP contribution in [0.5, 0.6) is 17.2 Å². The smallest absolute Gasteiger partial charge is 0.281 e. The van der Waals surface area contributed by atoms with Crippen LogP contribution in [-0.4, -0.2) is 34.6 Å². The number of ether oxygens (including phenoxy) is 2. The van der Waals surface area contributed by atoms with E-state index in [1.54, 1.807) is 16.9 Å². The third-order valence-electron chi connectivity index (χ3n) is 7.16. The first-order valence-corrected chi connectivity index (χ1v) is 13.1. The number of amides is 1. The first-order chi connectivity index (χ1) is 18.7. The number of benzene rings is 3. The normalized spacial score (nSPS) is 14.5. The number of hydrogen-bond donors (Lipinski definition) is 0. The highest BCUT2D eigenvalue weighted by Crippen LogP contribution is 2.32. The van der Waals surface area contributed by atoms with Gasteiger partial charge in [0.05, 0.1) is 12.8 Å². The van der Waals surface area contributed by atoms with Gasteiger partial charge in [0.15, 0.2) is 5.11 Å². The number of nitrogens with zero attached hydrogens (tertiary/aromatic N) is 3. The summed E-state index contributed by atoms with van der Waals surface area (Å²) in [6.07, 6.45) is 1.93. The zero-order chi connectivity index (χ0) is 27.8. The van der Waals surface area contributed by atoms with Crippen molar-refractivity contribution >= 4 is 35.0 Å². The number of hydrogen-bond acceptors (Lipinski definition) is 4. The number of anilines is 1. The molecule has 0 radical (unpaired) electrons. The fourth-order valence-electron chi connectivity index (χ4n) is 4.77. The standard InChI is InChI=1S/C32H31N3O3S/c1-20-7-8-26(17-21(20)2)35-31(36)30(33(5)32(35)39)19-24-18-22(3)34(23(24)4)25-9-11-28(12-10-25)38-29-15-13-27(37-6)14-16-29/h7-19H,1-6H3/b30-19-. The maximum Gasteiger partial charge on any atom is 0.281 e. The lowest BCUT2D eigenvalue weighted by Gasteiger charge is -2.17. The fraction of sp³-hybridized carbons (Fsp3) is 0.188. The van der Waals surface area contributed by atoms with E-state index in [0.717, 1.165) is 51.1 Å². The van der Waals surface area contributed by atoms with Crippen LogP contribution in [0.25, 0.3) is 11.8 Å². The van der Waals surface area contributed by atoms with E-state index in [0.29, 0.717) is 10.8 Å². The van der Waals surface area contributed by atoms with Gasteiger partial charge in [0.1, 0.15) is 22.9 Å². The third-order valence-corrected chi connectivity index (χ3v) is 7.62. The molecule has 2 heterocycles. The molecule has 198 valence electrons. The van der Waals surface area contributed by atoms with E-state index < -0.39 is 0 Å². The van der Waals surface area contributed by atoms with Crippen molar-refractivity contribution in [3.05, 3.63) is 107 Å². The average molecular weight is 538 g/mol. The van der Waals surface area contributed by atoms with Crippen LogP contribution in [0.1, 0.15) is 28.1 Å². The molecule has 1 saturated heterocycles. The molecule has 5 rings (SSSR count). The molecule has 1 amide bonds. The Morgan fingerprint density at radius 3 is 1.97 bits per heavy atom. The van der Waals surface area contributed by atoms with Gasteiger partial charge in [-0.2, -0.15) is 0 Å². The highest BCUT2D eigenvalue weighted by Gasteiger charge is 2.37. The number of likely N-dealkylation sites (N-methyl/N-ethyl adjacent to an activating group) is 1. The lowest BCUT2D eigenvalue weighted by Crippen LogP contribution is -2.31. The molecule has 7 heteroatoms. The molecule has 1 fully saturated rings. The molecule has 0 aliphatic carbocycles. The second-order valence-electron chi connectivity index (χ2n) is 9.71. The van der Waals surface area contributed by atoms with E-state index in [2.05, 4.69) is 31.4 Å². The Kier molecular flexibility index (Phi) is 7.02. The van der Waals surface area contributed by atoms with Gasteiger partial charge in [-0.3, -0.25) is 9.69 Å². The molecule has 0 atom stereocenters. The van der Waals surface area contributed by atoms with Crippen molar-refractivity contribution in [3.63, 3.8) is 0 Å². The molecule has 6 nitrogen and oxygen atoms in total. The molecule has 1 aliphatic heterocycles. The molecule has 1 aliphatic rings.